The van der Waals surface area contributed by atoms with Crippen molar-refractivity contribution in [2.45, 2.75) is 47.7 Å². The van der Waals surface area contributed by atoms with Gasteiger partial charge in [0, 0.05) is 48.7 Å². The van der Waals surface area contributed by atoms with Crippen molar-refractivity contribution < 1.29 is 4.79 Å². The molecule has 2 aliphatic heterocycles. The predicted octanol–water partition coefficient (Wildman–Crippen LogP) is 6.53. The minimum atomic E-state index is -0.125. The van der Waals surface area contributed by atoms with Gasteiger partial charge in [0.25, 0.3) is 0 Å². The third kappa shape index (κ3) is 5.54. The largest absolute Gasteiger partial charge is 0.369 e. The number of carbonyl (C=O) groups is 1. The lowest BCUT2D eigenvalue weighted by Crippen LogP contribution is -2.44. The summed E-state index contributed by atoms with van der Waals surface area (Å²) >= 11 is 0. The second-order valence-corrected chi connectivity index (χ2v) is 8.58. The standard InChI is InChI=1S/C25H29N5O.2C2H6/c1-16-22(17(2)31)23(18-7-5-4-6-8-18)24(26-16)25-27-20-10-9-19(15-21(20)28-25)30-13-11-29(3)12-14-30;2*1-2/h4-10,15,25-28H,11-14H2,1-3H3;2*1-2H3. The summed E-state index contributed by atoms with van der Waals surface area (Å²) in [6.07, 6.45) is -0.125. The van der Waals surface area contributed by atoms with Crippen LogP contribution in [0, 0.1) is 6.92 Å². The highest BCUT2D eigenvalue weighted by Crippen LogP contribution is 2.42. The molecule has 2 aliphatic rings. The van der Waals surface area contributed by atoms with Gasteiger partial charge in [0.05, 0.1) is 17.1 Å². The summed E-state index contributed by atoms with van der Waals surface area (Å²) in [6, 6.07) is 16.7. The quantitative estimate of drug-likeness (QED) is 0.374. The number of fused-ring (bicyclic) bond motifs is 1. The summed E-state index contributed by atoms with van der Waals surface area (Å²) in [5, 5.41) is 7.24. The number of aromatic nitrogens is 1. The van der Waals surface area contributed by atoms with Gasteiger partial charge in [-0.05, 0) is 44.7 Å². The number of aryl methyl sites for hydroxylation is 1. The Morgan fingerprint density at radius 1 is 0.886 bits per heavy atom. The Labute approximate surface area is 210 Å². The fourth-order valence-electron chi connectivity index (χ4n) is 4.74. The van der Waals surface area contributed by atoms with E-state index in [1.807, 2.05) is 52.8 Å². The molecule has 0 aliphatic carbocycles. The molecule has 0 bridgehead atoms. The molecule has 35 heavy (non-hydrogen) atoms. The first-order valence-electron chi connectivity index (χ1n) is 12.9. The van der Waals surface area contributed by atoms with Gasteiger partial charge in [0.15, 0.2) is 5.78 Å². The summed E-state index contributed by atoms with van der Waals surface area (Å²) in [4.78, 5) is 20.8. The first-order chi connectivity index (χ1) is 17.0. The smallest absolute Gasteiger partial charge is 0.162 e. The molecular weight excluding hydrogens is 434 g/mol. The summed E-state index contributed by atoms with van der Waals surface area (Å²) in [7, 11) is 2.17. The third-order valence-electron chi connectivity index (χ3n) is 6.39. The predicted molar refractivity (Wildman–Crippen MR) is 150 cm³/mol. The molecule has 0 spiro atoms. The van der Waals surface area contributed by atoms with Crippen molar-refractivity contribution in [3.8, 4) is 11.1 Å². The van der Waals surface area contributed by atoms with E-state index in [4.69, 9.17) is 0 Å². The molecule has 1 unspecified atom stereocenters. The van der Waals surface area contributed by atoms with Crippen molar-refractivity contribution >= 4 is 22.8 Å². The Morgan fingerprint density at radius 3 is 2.14 bits per heavy atom. The topological polar surface area (TPSA) is 63.4 Å². The highest BCUT2D eigenvalue weighted by molar-refractivity contribution is 6.03. The molecule has 1 saturated heterocycles. The van der Waals surface area contributed by atoms with Crippen LogP contribution in [0.1, 0.15) is 62.5 Å². The second-order valence-electron chi connectivity index (χ2n) is 8.58. The van der Waals surface area contributed by atoms with Crippen LogP contribution in [0.2, 0.25) is 0 Å². The molecule has 0 saturated carbocycles. The third-order valence-corrected chi connectivity index (χ3v) is 6.39. The SMILES string of the molecule is CC.CC.CC(=O)c1c(C)[nH]c(C2Nc3ccc(N4CCN(C)CC4)cc3N2)c1-c1ccccc1. The normalized spacial score (nSPS) is 16.7. The maximum absolute atomic E-state index is 12.5. The van der Waals surface area contributed by atoms with Crippen molar-refractivity contribution in [2.75, 3.05) is 48.8 Å². The lowest BCUT2D eigenvalue weighted by molar-refractivity contribution is 0.101. The number of likely N-dealkylation sites (N-methyl/N-ethyl adjacent to an activating group) is 1. The van der Waals surface area contributed by atoms with E-state index in [2.05, 4.69) is 62.8 Å². The number of carbonyl (C=O) groups excluding carboxylic acids is 1. The average Bonchev–Trinajstić information content (AvgIpc) is 3.48. The number of Topliss-reactive ketones (excluding diaryl/α,β-unsaturated/α-hetero) is 1. The molecule has 1 atom stereocenters. The number of aromatic amines is 1. The fraction of sp³-hybridized carbons (Fsp3) is 0.414. The van der Waals surface area contributed by atoms with E-state index >= 15 is 0 Å². The van der Waals surface area contributed by atoms with E-state index in [0.717, 1.165) is 65.6 Å². The van der Waals surface area contributed by atoms with E-state index < -0.39 is 0 Å². The number of nitrogens with one attached hydrogen (secondary N) is 3. The molecule has 2 aromatic carbocycles. The van der Waals surface area contributed by atoms with Gasteiger partial charge in [-0.25, -0.2) is 0 Å². The molecule has 1 fully saturated rings. The van der Waals surface area contributed by atoms with Gasteiger partial charge in [-0.3, -0.25) is 4.79 Å². The average molecular weight is 476 g/mol. The minimum absolute atomic E-state index is 0.0757. The van der Waals surface area contributed by atoms with E-state index in [0.29, 0.717) is 0 Å². The van der Waals surface area contributed by atoms with Crippen LogP contribution in [-0.4, -0.2) is 48.9 Å². The molecule has 3 heterocycles. The number of anilines is 3. The highest BCUT2D eigenvalue weighted by atomic mass is 16.1. The fourth-order valence-corrected chi connectivity index (χ4v) is 4.74. The summed E-state index contributed by atoms with van der Waals surface area (Å²) < 4.78 is 0. The van der Waals surface area contributed by atoms with Crippen LogP contribution in [0.15, 0.2) is 48.5 Å². The van der Waals surface area contributed by atoms with Crippen molar-refractivity contribution in [3.05, 3.63) is 65.5 Å². The number of hydrogen-bond acceptors (Lipinski definition) is 5. The monoisotopic (exact) mass is 475 g/mol. The van der Waals surface area contributed by atoms with E-state index in [1.165, 1.54) is 5.69 Å². The zero-order valence-corrected chi connectivity index (χ0v) is 22.3. The molecule has 188 valence electrons. The van der Waals surface area contributed by atoms with Gasteiger partial charge in [-0.15, -0.1) is 0 Å². The van der Waals surface area contributed by atoms with Gasteiger partial charge >= 0.3 is 0 Å². The molecule has 5 rings (SSSR count). The summed E-state index contributed by atoms with van der Waals surface area (Å²) in [5.74, 6) is 0.0757. The number of rotatable bonds is 4. The van der Waals surface area contributed by atoms with Crippen molar-refractivity contribution in [1.29, 1.82) is 0 Å². The Morgan fingerprint density at radius 2 is 1.51 bits per heavy atom. The maximum atomic E-state index is 12.5. The first-order valence-corrected chi connectivity index (χ1v) is 12.9. The van der Waals surface area contributed by atoms with Crippen molar-refractivity contribution in [3.63, 3.8) is 0 Å². The minimum Gasteiger partial charge on any atom is -0.369 e. The summed E-state index contributed by atoms with van der Waals surface area (Å²) in [5.41, 5.74) is 8.10. The zero-order valence-electron chi connectivity index (χ0n) is 22.3. The zero-order chi connectivity index (χ0) is 25.5. The summed E-state index contributed by atoms with van der Waals surface area (Å²) in [6.45, 7) is 15.9. The second kappa shape index (κ2) is 11.9. The van der Waals surface area contributed by atoms with Crippen LogP contribution in [0.3, 0.4) is 0 Å². The van der Waals surface area contributed by atoms with Crippen LogP contribution >= 0.6 is 0 Å². The number of ketones is 1. The van der Waals surface area contributed by atoms with Crippen LogP contribution in [-0.2, 0) is 0 Å². The number of benzene rings is 2. The Balaban J connectivity index is 0.000000815. The van der Waals surface area contributed by atoms with Crippen LogP contribution in [0.4, 0.5) is 17.1 Å². The van der Waals surface area contributed by atoms with Crippen LogP contribution in [0.25, 0.3) is 11.1 Å². The molecule has 3 aromatic rings. The number of nitrogens with zero attached hydrogens (tertiary/aromatic N) is 2. The number of hydrogen-bond donors (Lipinski definition) is 3. The maximum Gasteiger partial charge on any atom is 0.162 e. The van der Waals surface area contributed by atoms with Crippen LogP contribution in [0.5, 0.6) is 0 Å². The van der Waals surface area contributed by atoms with Gasteiger partial charge in [-0.1, -0.05) is 58.0 Å². The Bertz CT molecular complexity index is 1110. The van der Waals surface area contributed by atoms with E-state index in [9.17, 15) is 4.79 Å². The highest BCUT2D eigenvalue weighted by Gasteiger charge is 2.29. The lowest BCUT2D eigenvalue weighted by Gasteiger charge is -2.34. The molecule has 6 heteroatoms. The van der Waals surface area contributed by atoms with E-state index in [1.54, 1.807) is 6.92 Å². The molecule has 0 amide bonds. The molecular formula is C29H41N5O. The Hall–Kier alpha value is -3.25. The molecule has 1 aromatic heterocycles. The molecule has 0 radical (unpaired) electrons. The molecule has 6 nitrogen and oxygen atoms in total. The molecule has 3 N–H and O–H groups in total. The Kier molecular flexibility index (Phi) is 8.99. The number of piperazine rings is 1. The van der Waals surface area contributed by atoms with Gasteiger partial charge in [0.2, 0.25) is 0 Å². The van der Waals surface area contributed by atoms with Gasteiger partial charge in [-0.2, -0.15) is 0 Å². The lowest BCUT2D eigenvalue weighted by atomic mass is 9.97. The van der Waals surface area contributed by atoms with Gasteiger partial charge < -0.3 is 25.4 Å². The van der Waals surface area contributed by atoms with Crippen molar-refractivity contribution in [1.82, 2.24) is 9.88 Å². The first kappa shape index (κ1) is 26.4. The van der Waals surface area contributed by atoms with Crippen molar-refractivity contribution in [2.24, 2.45) is 0 Å². The van der Waals surface area contributed by atoms with Gasteiger partial charge in [0.1, 0.15) is 6.17 Å². The van der Waals surface area contributed by atoms with E-state index in [-0.39, 0.29) is 11.9 Å². The number of H-pyrrole nitrogens is 1. The van der Waals surface area contributed by atoms with Crippen LogP contribution < -0.4 is 15.5 Å².